The molecule has 14 heteroatoms. The molecule has 0 saturated carbocycles. The fraction of sp³-hybridized carbons (Fsp3) is 0.467. The molecular formula is C45H47ClN6O7. The maximum atomic E-state index is 13.7. The average molecular weight is 819 g/mol. The van der Waals surface area contributed by atoms with Crippen molar-refractivity contribution in [2.45, 2.75) is 94.5 Å². The highest BCUT2D eigenvalue weighted by molar-refractivity contribution is 6.31. The molecule has 0 radical (unpaired) electrons. The van der Waals surface area contributed by atoms with Crippen molar-refractivity contribution in [3.63, 3.8) is 0 Å². The van der Waals surface area contributed by atoms with E-state index in [-0.39, 0.29) is 43.0 Å². The Balaban J connectivity index is 0.711. The summed E-state index contributed by atoms with van der Waals surface area (Å²) in [6, 6.07) is 19.5. The van der Waals surface area contributed by atoms with E-state index in [4.69, 9.17) is 26.3 Å². The van der Waals surface area contributed by atoms with Gasteiger partial charge in [0.2, 0.25) is 11.8 Å². The number of imide groups is 2. The Labute approximate surface area is 348 Å². The minimum atomic E-state index is -0.970. The minimum absolute atomic E-state index is 0.00930. The first kappa shape index (κ1) is 39.0. The highest BCUT2D eigenvalue weighted by Crippen LogP contribution is 2.39. The quantitative estimate of drug-likeness (QED) is 0.271. The van der Waals surface area contributed by atoms with E-state index in [1.54, 1.807) is 30.3 Å². The van der Waals surface area contributed by atoms with Gasteiger partial charge >= 0.3 is 0 Å². The second-order valence-corrected chi connectivity index (χ2v) is 17.2. The van der Waals surface area contributed by atoms with E-state index in [0.29, 0.717) is 38.9 Å². The maximum Gasteiger partial charge on any atom is 0.262 e. The molecule has 1 N–H and O–H groups in total. The molecule has 59 heavy (non-hydrogen) atoms. The molecule has 5 fully saturated rings. The largest absolute Gasteiger partial charge is 0.490 e. The Morgan fingerprint density at radius 1 is 0.763 bits per heavy atom. The summed E-state index contributed by atoms with van der Waals surface area (Å²) in [5.41, 5.74) is 2.60. The summed E-state index contributed by atoms with van der Waals surface area (Å²) in [5.74, 6) is 0.0835. The number of ether oxygens (including phenoxy) is 2. The van der Waals surface area contributed by atoms with Crippen LogP contribution in [0.2, 0.25) is 5.02 Å². The minimum Gasteiger partial charge on any atom is -0.490 e. The van der Waals surface area contributed by atoms with Crippen molar-refractivity contribution in [2.75, 3.05) is 37.6 Å². The second-order valence-electron chi connectivity index (χ2n) is 16.8. The van der Waals surface area contributed by atoms with Crippen molar-refractivity contribution in [1.29, 1.82) is 5.26 Å². The van der Waals surface area contributed by atoms with Crippen molar-refractivity contribution < 1.29 is 33.4 Å². The molecule has 306 valence electrons. The lowest BCUT2D eigenvalue weighted by atomic mass is 9.94. The fourth-order valence-corrected chi connectivity index (χ4v) is 10.2. The topological polar surface area (TPSA) is 153 Å². The van der Waals surface area contributed by atoms with Gasteiger partial charge in [0, 0.05) is 81.4 Å². The third kappa shape index (κ3) is 7.88. The van der Waals surface area contributed by atoms with Crippen LogP contribution in [0, 0.1) is 17.2 Å². The van der Waals surface area contributed by atoms with Gasteiger partial charge in [-0.1, -0.05) is 11.6 Å². The highest BCUT2D eigenvalue weighted by Gasteiger charge is 2.46. The standard InChI is InChI=1S/C45H47ClN6O7/c46-39-24-35(9-3-29(39)25-47)59-36-21-31-4-5-32(22-36)51(31)43(55)28-1-7-33(8-2-28)58-34-15-17-49(18-16-34)26-27-13-19-50(20-14-27)30-6-10-37-38(23-30)45(57)52(44(37)56)40-11-12-41(53)48-42(40)54/h1-3,6-10,23-24,27,31-32,34,36,40H,4-5,11-22,26H2,(H,48,53,54)/t31-,32+,36?,40?. The Kier molecular flexibility index (Phi) is 10.8. The summed E-state index contributed by atoms with van der Waals surface area (Å²) in [6.07, 6.45) is 7.71. The van der Waals surface area contributed by atoms with Crippen LogP contribution >= 0.6 is 11.6 Å². The number of piperidine rings is 4. The molecule has 3 aromatic carbocycles. The van der Waals surface area contributed by atoms with Crippen LogP contribution < -0.4 is 19.7 Å². The van der Waals surface area contributed by atoms with Gasteiger partial charge in [-0.2, -0.15) is 5.26 Å². The molecule has 3 aromatic rings. The van der Waals surface area contributed by atoms with Crippen LogP contribution in [0.15, 0.2) is 60.7 Å². The zero-order chi connectivity index (χ0) is 40.8. The van der Waals surface area contributed by atoms with E-state index in [1.807, 2.05) is 30.3 Å². The zero-order valence-electron chi connectivity index (χ0n) is 32.8. The Hall–Kier alpha value is -5.45. The van der Waals surface area contributed by atoms with E-state index in [2.05, 4.69) is 26.1 Å². The van der Waals surface area contributed by atoms with E-state index in [1.165, 1.54) is 0 Å². The van der Waals surface area contributed by atoms with Crippen molar-refractivity contribution in [3.8, 4) is 17.6 Å². The molecule has 0 aromatic heterocycles. The van der Waals surface area contributed by atoms with E-state index in [9.17, 15) is 24.0 Å². The lowest BCUT2D eigenvalue weighted by Crippen LogP contribution is -2.54. The number of benzene rings is 3. The highest BCUT2D eigenvalue weighted by atomic mass is 35.5. The number of rotatable bonds is 9. The first-order valence-corrected chi connectivity index (χ1v) is 21.3. The monoisotopic (exact) mass is 818 g/mol. The van der Waals surface area contributed by atoms with Crippen molar-refractivity contribution in [2.24, 2.45) is 5.92 Å². The van der Waals surface area contributed by atoms with Crippen LogP contribution in [0.3, 0.4) is 0 Å². The predicted octanol–water partition coefficient (Wildman–Crippen LogP) is 5.59. The summed E-state index contributed by atoms with van der Waals surface area (Å²) in [6.45, 7) is 4.67. The molecule has 5 saturated heterocycles. The average Bonchev–Trinajstić information content (AvgIpc) is 3.65. The lowest BCUT2D eigenvalue weighted by Gasteiger charge is -2.39. The lowest BCUT2D eigenvalue weighted by molar-refractivity contribution is -0.136. The fourth-order valence-electron chi connectivity index (χ4n) is 10.0. The molecule has 6 aliphatic heterocycles. The Morgan fingerprint density at radius 2 is 1.44 bits per heavy atom. The van der Waals surface area contributed by atoms with E-state index in [0.717, 1.165) is 100 Å². The van der Waals surface area contributed by atoms with Gasteiger partial charge in [0.25, 0.3) is 17.7 Å². The molecule has 6 heterocycles. The van der Waals surface area contributed by atoms with Crippen LogP contribution in [0.5, 0.6) is 11.5 Å². The summed E-state index contributed by atoms with van der Waals surface area (Å²) in [7, 11) is 0. The van der Waals surface area contributed by atoms with Crippen molar-refractivity contribution in [3.05, 3.63) is 87.9 Å². The summed E-state index contributed by atoms with van der Waals surface area (Å²) < 4.78 is 12.7. The van der Waals surface area contributed by atoms with Gasteiger partial charge in [0.15, 0.2) is 0 Å². The van der Waals surface area contributed by atoms with Gasteiger partial charge in [0.1, 0.15) is 35.8 Å². The summed E-state index contributed by atoms with van der Waals surface area (Å²) in [4.78, 5) is 72.1. The van der Waals surface area contributed by atoms with Crippen LogP contribution in [0.25, 0.3) is 0 Å². The molecule has 4 atom stereocenters. The van der Waals surface area contributed by atoms with Crippen molar-refractivity contribution >= 4 is 46.8 Å². The van der Waals surface area contributed by atoms with Gasteiger partial charge in [-0.3, -0.25) is 34.2 Å². The molecule has 9 rings (SSSR count). The third-order valence-corrected chi connectivity index (χ3v) is 13.5. The Morgan fingerprint density at radius 3 is 2.12 bits per heavy atom. The number of anilines is 1. The first-order valence-electron chi connectivity index (χ1n) is 20.9. The summed E-state index contributed by atoms with van der Waals surface area (Å²) >= 11 is 6.22. The van der Waals surface area contributed by atoms with Gasteiger partial charge in [0.05, 0.1) is 21.7 Å². The number of hydrogen-bond acceptors (Lipinski definition) is 10. The molecule has 13 nitrogen and oxygen atoms in total. The molecule has 0 spiro atoms. The number of amides is 5. The second kappa shape index (κ2) is 16.3. The molecule has 2 bridgehead atoms. The molecule has 0 aliphatic carbocycles. The van der Waals surface area contributed by atoms with E-state index >= 15 is 0 Å². The number of nitrogens with one attached hydrogen (secondary N) is 1. The predicted molar refractivity (Wildman–Crippen MR) is 217 cm³/mol. The van der Waals surface area contributed by atoms with E-state index < -0.39 is 29.7 Å². The molecule has 5 amide bonds. The molecular weight excluding hydrogens is 772 g/mol. The normalized spacial score (nSPS) is 25.2. The van der Waals surface area contributed by atoms with Gasteiger partial charge < -0.3 is 24.2 Å². The number of fused-ring (bicyclic) bond motifs is 3. The number of nitriles is 1. The number of likely N-dealkylation sites (tertiary alicyclic amines) is 1. The first-order chi connectivity index (χ1) is 28.6. The van der Waals surface area contributed by atoms with Crippen LogP contribution in [-0.2, 0) is 9.59 Å². The number of carbonyl (C=O) groups excluding carboxylic acids is 5. The molecule has 6 aliphatic rings. The number of hydrogen-bond donors (Lipinski definition) is 1. The number of carbonyl (C=O) groups is 5. The van der Waals surface area contributed by atoms with Gasteiger partial charge in [-0.25, -0.2) is 0 Å². The van der Waals surface area contributed by atoms with Crippen molar-refractivity contribution in [1.82, 2.24) is 20.0 Å². The van der Waals surface area contributed by atoms with Gasteiger partial charge in [-0.15, -0.1) is 0 Å². The SMILES string of the molecule is N#Cc1ccc(OC2C[C@H]3CC[C@@H](C2)N3C(=O)c2ccc(OC3CCN(CC4CCN(c5ccc6c(c5)C(=O)N(C5CCC(=O)NC5=O)C6=O)CC4)CC3)cc2)cc1Cl. The summed E-state index contributed by atoms with van der Waals surface area (Å²) in [5, 5.41) is 11.8. The third-order valence-electron chi connectivity index (χ3n) is 13.1. The van der Waals surface area contributed by atoms with Crippen LogP contribution in [0.4, 0.5) is 5.69 Å². The maximum absolute atomic E-state index is 13.7. The van der Waals surface area contributed by atoms with Crippen LogP contribution in [-0.4, -0.2) is 107 Å². The Bertz CT molecular complexity index is 2200. The number of halogens is 1. The molecule has 2 unspecified atom stereocenters. The van der Waals surface area contributed by atoms with Crippen LogP contribution in [0.1, 0.15) is 101 Å². The van der Waals surface area contributed by atoms with Gasteiger partial charge in [-0.05, 0) is 105 Å². The number of nitrogens with zero attached hydrogens (tertiary/aromatic N) is 5. The zero-order valence-corrected chi connectivity index (χ0v) is 33.6. The smallest absolute Gasteiger partial charge is 0.262 e.